The number of likely N-dealkylation sites (N-methyl/N-ethyl adjacent to an activating group) is 1. The van der Waals surface area contributed by atoms with Gasteiger partial charge in [0.25, 0.3) is 5.91 Å². The number of hydrogen-bond acceptors (Lipinski definition) is 6. The predicted molar refractivity (Wildman–Crippen MR) is 97.9 cm³/mol. The Balaban J connectivity index is 1.62. The Bertz CT molecular complexity index is 772. The minimum Gasteiger partial charge on any atom is -0.455 e. The third-order valence-electron chi connectivity index (χ3n) is 4.05. The number of carbonyl (C=O) groups is 2. The largest absolute Gasteiger partial charge is 0.455 e. The summed E-state index contributed by atoms with van der Waals surface area (Å²) < 4.78 is 7.08. The van der Waals surface area contributed by atoms with Crippen molar-refractivity contribution in [2.45, 2.75) is 30.5 Å². The number of rotatable bonds is 8. The monoisotopic (exact) mass is 374 g/mol. The van der Waals surface area contributed by atoms with E-state index in [0.29, 0.717) is 17.6 Å². The molecule has 26 heavy (non-hydrogen) atoms. The van der Waals surface area contributed by atoms with Crippen LogP contribution in [0, 0.1) is 0 Å². The normalized spacial score (nSPS) is 13.5. The molecule has 138 valence electrons. The van der Waals surface area contributed by atoms with Crippen molar-refractivity contribution in [2.24, 2.45) is 0 Å². The fraction of sp³-hybridized carbons (Fsp3) is 0.444. The van der Waals surface area contributed by atoms with Crippen molar-refractivity contribution in [1.29, 1.82) is 0 Å². The van der Waals surface area contributed by atoms with Gasteiger partial charge in [-0.2, -0.15) is 0 Å². The van der Waals surface area contributed by atoms with Crippen molar-refractivity contribution in [3.63, 3.8) is 0 Å². The molecule has 1 aliphatic rings. The van der Waals surface area contributed by atoms with E-state index in [-0.39, 0.29) is 18.3 Å². The Morgan fingerprint density at radius 3 is 2.62 bits per heavy atom. The lowest BCUT2D eigenvalue weighted by atomic mass is 10.2. The molecule has 0 radical (unpaired) electrons. The smallest absolute Gasteiger partial charge is 0.316 e. The van der Waals surface area contributed by atoms with Crippen molar-refractivity contribution in [3.8, 4) is 0 Å². The molecule has 1 aromatic heterocycles. The summed E-state index contributed by atoms with van der Waals surface area (Å²) in [6.45, 7) is 0.437. The average Bonchev–Trinajstić information content (AvgIpc) is 3.41. The Labute approximate surface area is 156 Å². The molecule has 0 spiro atoms. The van der Waals surface area contributed by atoms with Crippen molar-refractivity contribution in [1.82, 2.24) is 19.7 Å². The molecule has 0 unspecified atom stereocenters. The fourth-order valence-electron chi connectivity index (χ4n) is 2.40. The van der Waals surface area contributed by atoms with Gasteiger partial charge in [-0.15, -0.1) is 10.2 Å². The van der Waals surface area contributed by atoms with Gasteiger partial charge in [0.2, 0.25) is 0 Å². The van der Waals surface area contributed by atoms with Gasteiger partial charge in [0.15, 0.2) is 11.8 Å². The van der Waals surface area contributed by atoms with E-state index in [1.807, 2.05) is 18.2 Å². The number of ether oxygens (including phenoxy) is 1. The first-order chi connectivity index (χ1) is 12.5. The van der Waals surface area contributed by atoms with Crippen molar-refractivity contribution in [3.05, 3.63) is 41.7 Å². The molecule has 2 aromatic rings. The van der Waals surface area contributed by atoms with Crippen LogP contribution in [0.15, 0.2) is 35.5 Å². The van der Waals surface area contributed by atoms with Gasteiger partial charge < -0.3 is 14.2 Å². The molecule has 7 nitrogen and oxygen atoms in total. The Morgan fingerprint density at radius 2 is 1.96 bits per heavy atom. The Hall–Kier alpha value is -2.35. The van der Waals surface area contributed by atoms with Crippen LogP contribution in [0.25, 0.3) is 0 Å². The number of carbonyl (C=O) groups excluding carboxylic acids is 2. The predicted octanol–water partition coefficient (Wildman–Crippen LogP) is 1.93. The number of esters is 1. The number of amides is 1. The molecule has 0 saturated heterocycles. The third-order valence-corrected chi connectivity index (χ3v) is 4.99. The summed E-state index contributed by atoms with van der Waals surface area (Å²) in [6, 6.07) is 10.1. The standard InChI is InChI=1S/C18H22N4O3S/c1-21(2)15(23)11-25-16(24)12-26-18-20-19-17(14-8-9-14)22(18)10-13-6-4-3-5-7-13/h3-7,14H,8-12H2,1-2H3. The van der Waals surface area contributed by atoms with Gasteiger partial charge in [-0.3, -0.25) is 9.59 Å². The van der Waals surface area contributed by atoms with Crippen LogP contribution in [0.3, 0.4) is 0 Å². The Kier molecular flexibility index (Phi) is 5.92. The highest BCUT2D eigenvalue weighted by Gasteiger charge is 2.30. The van der Waals surface area contributed by atoms with Crippen LogP contribution < -0.4 is 0 Å². The quantitative estimate of drug-likeness (QED) is 0.519. The summed E-state index contributed by atoms with van der Waals surface area (Å²) in [4.78, 5) is 24.8. The maximum absolute atomic E-state index is 11.9. The first-order valence-electron chi connectivity index (χ1n) is 8.50. The van der Waals surface area contributed by atoms with Crippen molar-refractivity contribution in [2.75, 3.05) is 26.5 Å². The lowest BCUT2D eigenvalue weighted by molar-refractivity contribution is -0.148. The number of aromatic nitrogens is 3. The molecule has 0 bridgehead atoms. The maximum Gasteiger partial charge on any atom is 0.316 e. The van der Waals surface area contributed by atoms with Gasteiger partial charge in [0.05, 0.1) is 12.3 Å². The molecule has 1 saturated carbocycles. The second kappa shape index (κ2) is 8.35. The molecular formula is C18H22N4O3S. The molecule has 1 amide bonds. The van der Waals surface area contributed by atoms with Gasteiger partial charge in [0, 0.05) is 20.0 Å². The molecular weight excluding hydrogens is 352 g/mol. The topological polar surface area (TPSA) is 77.3 Å². The number of hydrogen-bond donors (Lipinski definition) is 0. The molecule has 1 aliphatic carbocycles. The zero-order chi connectivity index (χ0) is 18.5. The van der Waals surface area contributed by atoms with Crippen LogP contribution in [-0.2, 0) is 20.9 Å². The van der Waals surface area contributed by atoms with Crippen LogP contribution in [0.1, 0.15) is 30.1 Å². The molecule has 1 fully saturated rings. The van der Waals surface area contributed by atoms with Crippen LogP contribution in [0.4, 0.5) is 0 Å². The fourth-order valence-corrected chi connectivity index (χ4v) is 3.14. The average molecular weight is 374 g/mol. The molecule has 0 N–H and O–H groups in total. The van der Waals surface area contributed by atoms with Gasteiger partial charge >= 0.3 is 5.97 Å². The third kappa shape index (κ3) is 4.85. The molecule has 3 rings (SSSR count). The highest BCUT2D eigenvalue weighted by molar-refractivity contribution is 7.99. The van der Waals surface area contributed by atoms with E-state index in [4.69, 9.17) is 4.74 Å². The first-order valence-corrected chi connectivity index (χ1v) is 9.48. The lowest BCUT2D eigenvalue weighted by Crippen LogP contribution is -2.28. The van der Waals surface area contributed by atoms with E-state index < -0.39 is 5.97 Å². The lowest BCUT2D eigenvalue weighted by Gasteiger charge is -2.11. The zero-order valence-corrected chi connectivity index (χ0v) is 15.7. The summed E-state index contributed by atoms with van der Waals surface area (Å²) >= 11 is 1.29. The van der Waals surface area contributed by atoms with Gasteiger partial charge in [-0.25, -0.2) is 0 Å². The number of benzene rings is 1. The summed E-state index contributed by atoms with van der Waals surface area (Å²) in [7, 11) is 3.24. The summed E-state index contributed by atoms with van der Waals surface area (Å²) in [5.74, 6) is 0.856. The molecule has 1 heterocycles. The van der Waals surface area contributed by atoms with E-state index in [1.165, 1.54) is 16.7 Å². The summed E-state index contributed by atoms with van der Waals surface area (Å²) in [5.41, 5.74) is 1.16. The number of nitrogens with zero attached hydrogens (tertiary/aromatic N) is 4. The molecule has 0 aliphatic heterocycles. The second-order valence-corrected chi connectivity index (χ2v) is 7.37. The van der Waals surface area contributed by atoms with E-state index in [9.17, 15) is 9.59 Å². The van der Waals surface area contributed by atoms with Gasteiger partial charge in [-0.05, 0) is 18.4 Å². The second-order valence-electron chi connectivity index (χ2n) is 6.42. The van der Waals surface area contributed by atoms with Crippen LogP contribution in [0.2, 0.25) is 0 Å². The molecule has 1 aromatic carbocycles. The van der Waals surface area contributed by atoms with E-state index in [0.717, 1.165) is 24.2 Å². The van der Waals surface area contributed by atoms with Gasteiger partial charge in [0.1, 0.15) is 5.82 Å². The van der Waals surface area contributed by atoms with Crippen LogP contribution in [0.5, 0.6) is 0 Å². The van der Waals surface area contributed by atoms with E-state index in [2.05, 4.69) is 26.9 Å². The summed E-state index contributed by atoms with van der Waals surface area (Å²) in [5, 5.41) is 9.29. The molecule has 8 heteroatoms. The minimum absolute atomic E-state index is 0.0955. The molecule has 0 atom stereocenters. The van der Waals surface area contributed by atoms with Crippen LogP contribution >= 0.6 is 11.8 Å². The van der Waals surface area contributed by atoms with Gasteiger partial charge in [-0.1, -0.05) is 42.1 Å². The van der Waals surface area contributed by atoms with Crippen molar-refractivity contribution >= 4 is 23.6 Å². The zero-order valence-electron chi connectivity index (χ0n) is 14.9. The maximum atomic E-state index is 11.9. The van der Waals surface area contributed by atoms with Crippen LogP contribution in [-0.4, -0.2) is 58.0 Å². The SMILES string of the molecule is CN(C)C(=O)COC(=O)CSc1nnc(C2CC2)n1Cc1ccccc1. The van der Waals surface area contributed by atoms with Crippen molar-refractivity contribution < 1.29 is 14.3 Å². The minimum atomic E-state index is -0.438. The van der Waals surface area contributed by atoms with E-state index >= 15 is 0 Å². The first kappa shape index (κ1) is 18.4. The van der Waals surface area contributed by atoms with E-state index in [1.54, 1.807) is 14.1 Å². The Morgan fingerprint density at radius 1 is 1.23 bits per heavy atom. The summed E-state index contributed by atoms with van der Waals surface area (Å²) in [6.07, 6.45) is 2.26. The number of thioether (sulfide) groups is 1. The highest BCUT2D eigenvalue weighted by Crippen LogP contribution is 2.40. The highest BCUT2D eigenvalue weighted by atomic mass is 32.2.